The lowest BCUT2D eigenvalue weighted by Crippen LogP contribution is -2.06. The van der Waals surface area contributed by atoms with E-state index in [1.807, 2.05) is 0 Å². The highest BCUT2D eigenvalue weighted by Gasteiger charge is 2.06. The van der Waals surface area contributed by atoms with E-state index < -0.39 is 5.97 Å². The number of hydrogen-bond acceptors (Lipinski definition) is 6. The Bertz CT molecular complexity index is 900. The molecule has 3 rings (SSSR count). The number of ether oxygens (including phenoxy) is 1. The summed E-state index contributed by atoms with van der Waals surface area (Å²) in [6.45, 7) is 0.282. The molecular weight excluding hydrogens is 335 g/mol. The van der Waals surface area contributed by atoms with Crippen LogP contribution in [0.1, 0.15) is 15.9 Å². The Morgan fingerprint density at radius 2 is 1.88 bits per heavy atom. The maximum Gasteiger partial charge on any atom is 0.337 e. The van der Waals surface area contributed by atoms with Gasteiger partial charge in [0.15, 0.2) is 0 Å². The van der Waals surface area contributed by atoms with E-state index in [9.17, 15) is 9.18 Å². The van der Waals surface area contributed by atoms with Gasteiger partial charge >= 0.3 is 5.97 Å². The summed E-state index contributed by atoms with van der Waals surface area (Å²) < 4.78 is 18.3. The molecule has 1 aromatic heterocycles. The van der Waals surface area contributed by atoms with Crippen molar-refractivity contribution < 1.29 is 13.9 Å². The topological polar surface area (TPSA) is 76.1 Å². The fraction of sp³-hybridized carbons (Fsp3) is 0.105. The first-order chi connectivity index (χ1) is 12.7. The largest absolute Gasteiger partial charge is 0.465 e. The molecule has 0 aliphatic heterocycles. The molecule has 0 bridgehead atoms. The normalized spacial score (nSPS) is 10.2. The Morgan fingerprint density at radius 3 is 2.62 bits per heavy atom. The number of methoxy groups -OCH3 is 1. The average Bonchev–Trinajstić information content (AvgIpc) is 2.68. The van der Waals surface area contributed by atoms with Crippen molar-refractivity contribution in [2.45, 2.75) is 6.54 Å². The minimum Gasteiger partial charge on any atom is -0.465 e. The van der Waals surface area contributed by atoms with Crippen LogP contribution in [-0.2, 0) is 11.3 Å². The third-order valence-electron chi connectivity index (χ3n) is 3.63. The number of nitrogens with one attached hydrogen (secondary N) is 2. The lowest BCUT2D eigenvalue weighted by molar-refractivity contribution is 0.0601. The Balaban J connectivity index is 1.65. The van der Waals surface area contributed by atoms with Crippen molar-refractivity contribution in [2.75, 3.05) is 17.7 Å². The fourth-order valence-electron chi connectivity index (χ4n) is 2.28. The molecule has 0 saturated heterocycles. The van der Waals surface area contributed by atoms with Crippen molar-refractivity contribution in [2.24, 2.45) is 0 Å². The van der Waals surface area contributed by atoms with Gasteiger partial charge < -0.3 is 15.4 Å². The number of halogens is 1. The predicted molar refractivity (Wildman–Crippen MR) is 96.8 cm³/mol. The zero-order valence-electron chi connectivity index (χ0n) is 14.1. The van der Waals surface area contributed by atoms with Gasteiger partial charge in [-0.25, -0.2) is 14.2 Å². The summed E-state index contributed by atoms with van der Waals surface area (Å²) in [6, 6.07) is 15.1. The number of carbonyl (C=O) groups is 1. The maximum atomic E-state index is 13.6. The standard InChI is InChI=1S/C19H17FN4O2/c1-26-18(25)13-6-8-15(9-7-13)23-17-10-11-21-19(24-17)22-12-14-4-2-3-5-16(14)20/h2-11H,12H2,1H3,(H2,21,22,23,24). The van der Waals surface area contributed by atoms with Crippen molar-refractivity contribution in [3.63, 3.8) is 0 Å². The van der Waals surface area contributed by atoms with Crippen LogP contribution in [-0.4, -0.2) is 23.0 Å². The highest BCUT2D eigenvalue weighted by atomic mass is 19.1. The first kappa shape index (κ1) is 17.3. The third kappa shape index (κ3) is 4.32. The van der Waals surface area contributed by atoms with E-state index in [0.29, 0.717) is 22.9 Å². The maximum absolute atomic E-state index is 13.6. The van der Waals surface area contributed by atoms with Crippen LogP contribution in [0, 0.1) is 5.82 Å². The molecule has 0 saturated carbocycles. The van der Waals surface area contributed by atoms with Crippen LogP contribution in [0.15, 0.2) is 60.8 Å². The van der Waals surface area contributed by atoms with Crippen molar-refractivity contribution in [3.05, 3.63) is 77.7 Å². The summed E-state index contributed by atoms with van der Waals surface area (Å²) >= 11 is 0. The SMILES string of the molecule is COC(=O)c1ccc(Nc2ccnc(NCc3ccccc3F)n2)cc1. The molecule has 0 aliphatic carbocycles. The highest BCUT2D eigenvalue weighted by Crippen LogP contribution is 2.17. The summed E-state index contributed by atoms with van der Waals surface area (Å²) in [5.74, 6) is 0.282. The molecule has 0 aliphatic rings. The molecular formula is C19H17FN4O2. The van der Waals surface area contributed by atoms with E-state index >= 15 is 0 Å². The molecule has 0 spiro atoms. The number of anilines is 3. The number of benzene rings is 2. The number of carbonyl (C=O) groups excluding carboxylic acids is 1. The zero-order valence-corrected chi connectivity index (χ0v) is 14.1. The fourth-order valence-corrected chi connectivity index (χ4v) is 2.28. The van der Waals surface area contributed by atoms with E-state index in [-0.39, 0.29) is 12.4 Å². The van der Waals surface area contributed by atoms with Crippen molar-refractivity contribution in [1.82, 2.24) is 9.97 Å². The summed E-state index contributed by atoms with van der Waals surface area (Å²) in [6.07, 6.45) is 1.60. The van der Waals surface area contributed by atoms with Crippen molar-refractivity contribution >= 4 is 23.4 Å². The predicted octanol–water partition coefficient (Wildman–Crippen LogP) is 3.76. The van der Waals surface area contributed by atoms with Gasteiger partial charge in [0.25, 0.3) is 0 Å². The van der Waals surface area contributed by atoms with E-state index in [4.69, 9.17) is 0 Å². The summed E-state index contributed by atoms with van der Waals surface area (Å²) in [5, 5.41) is 6.12. The van der Waals surface area contributed by atoms with Gasteiger partial charge in [-0.15, -0.1) is 0 Å². The quantitative estimate of drug-likeness (QED) is 0.658. The minimum absolute atomic E-state index is 0.278. The molecule has 0 radical (unpaired) electrons. The van der Waals surface area contributed by atoms with Crippen LogP contribution < -0.4 is 10.6 Å². The van der Waals surface area contributed by atoms with Crippen LogP contribution in [0.5, 0.6) is 0 Å². The second kappa shape index (κ2) is 8.06. The van der Waals surface area contributed by atoms with Crippen LogP contribution >= 0.6 is 0 Å². The number of hydrogen-bond donors (Lipinski definition) is 2. The van der Waals surface area contributed by atoms with Crippen LogP contribution in [0.3, 0.4) is 0 Å². The van der Waals surface area contributed by atoms with E-state index in [1.165, 1.54) is 13.2 Å². The molecule has 0 amide bonds. The first-order valence-electron chi connectivity index (χ1n) is 7.91. The monoisotopic (exact) mass is 352 g/mol. The highest BCUT2D eigenvalue weighted by molar-refractivity contribution is 5.89. The molecule has 132 valence electrons. The zero-order chi connectivity index (χ0) is 18.4. The number of nitrogens with zero attached hydrogens (tertiary/aromatic N) is 2. The van der Waals surface area contributed by atoms with Crippen LogP contribution in [0.4, 0.5) is 21.8 Å². The van der Waals surface area contributed by atoms with Crippen LogP contribution in [0.25, 0.3) is 0 Å². The van der Waals surface area contributed by atoms with Gasteiger partial charge in [0.1, 0.15) is 11.6 Å². The lowest BCUT2D eigenvalue weighted by atomic mass is 10.2. The van der Waals surface area contributed by atoms with Crippen molar-refractivity contribution in [1.29, 1.82) is 0 Å². The smallest absolute Gasteiger partial charge is 0.337 e. The Morgan fingerprint density at radius 1 is 1.12 bits per heavy atom. The van der Waals surface area contributed by atoms with Gasteiger partial charge in [-0.1, -0.05) is 18.2 Å². The van der Waals surface area contributed by atoms with Gasteiger partial charge in [-0.3, -0.25) is 0 Å². The molecule has 26 heavy (non-hydrogen) atoms. The second-order valence-electron chi connectivity index (χ2n) is 5.40. The first-order valence-corrected chi connectivity index (χ1v) is 7.91. The van der Waals surface area contributed by atoms with E-state index in [1.54, 1.807) is 54.7 Å². The van der Waals surface area contributed by atoms with Gasteiger partial charge in [-0.2, -0.15) is 4.98 Å². The summed E-state index contributed by atoms with van der Waals surface area (Å²) in [4.78, 5) is 19.9. The number of esters is 1. The molecule has 3 aromatic rings. The lowest BCUT2D eigenvalue weighted by Gasteiger charge is -2.09. The summed E-state index contributed by atoms with van der Waals surface area (Å²) in [5.41, 5.74) is 1.76. The van der Waals surface area contributed by atoms with E-state index in [2.05, 4.69) is 25.3 Å². The Kier molecular flexibility index (Phi) is 5.38. The van der Waals surface area contributed by atoms with Gasteiger partial charge in [0.05, 0.1) is 12.7 Å². The van der Waals surface area contributed by atoms with Crippen LogP contribution in [0.2, 0.25) is 0 Å². The molecule has 1 heterocycles. The molecule has 0 atom stereocenters. The average molecular weight is 352 g/mol. The molecule has 0 fully saturated rings. The van der Waals surface area contributed by atoms with E-state index in [0.717, 1.165) is 5.69 Å². The Labute approximate surface area is 150 Å². The summed E-state index contributed by atoms with van der Waals surface area (Å²) in [7, 11) is 1.34. The van der Waals surface area contributed by atoms with Gasteiger partial charge in [0, 0.05) is 24.0 Å². The molecule has 2 N–H and O–H groups in total. The Hall–Kier alpha value is -3.48. The number of aromatic nitrogens is 2. The molecule has 6 nitrogen and oxygen atoms in total. The van der Waals surface area contributed by atoms with Gasteiger partial charge in [-0.05, 0) is 36.4 Å². The molecule has 7 heteroatoms. The molecule has 2 aromatic carbocycles. The number of rotatable bonds is 6. The minimum atomic E-state index is -0.391. The molecule has 0 unspecified atom stereocenters. The third-order valence-corrected chi connectivity index (χ3v) is 3.63. The van der Waals surface area contributed by atoms with Gasteiger partial charge in [0.2, 0.25) is 5.95 Å². The van der Waals surface area contributed by atoms with Crippen molar-refractivity contribution in [3.8, 4) is 0 Å². The second-order valence-corrected chi connectivity index (χ2v) is 5.40.